The average Bonchev–Trinajstić information content (AvgIpc) is 3.14. The Kier molecular flexibility index (Phi) is 4.52. The lowest BCUT2D eigenvalue weighted by molar-refractivity contribution is 0.405. The third kappa shape index (κ3) is 3.24. The molecule has 0 spiro atoms. The molecule has 2 heterocycles. The summed E-state index contributed by atoms with van der Waals surface area (Å²) >= 11 is 5.99. The van der Waals surface area contributed by atoms with E-state index in [4.69, 9.17) is 25.6 Å². The Morgan fingerprint density at radius 3 is 2.56 bits per heavy atom. The summed E-state index contributed by atoms with van der Waals surface area (Å²) in [4.78, 5) is 8.53. The van der Waals surface area contributed by atoms with Gasteiger partial charge < -0.3 is 19.3 Å². The number of fused-ring (bicyclic) bond motifs is 1. The van der Waals surface area contributed by atoms with Gasteiger partial charge in [-0.05, 0) is 24.3 Å². The minimum Gasteiger partial charge on any atom is -0.497 e. The SMILES string of the molecule is COc1ccc(OC)c(Nc2ncnc3onc(-c4ccc(Cl)cc4)c23)c1. The van der Waals surface area contributed by atoms with E-state index < -0.39 is 0 Å². The number of nitrogens with zero attached hydrogens (tertiary/aromatic N) is 3. The van der Waals surface area contributed by atoms with Crippen LogP contribution in [0.5, 0.6) is 11.5 Å². The number of ether oxygens (including phenoxy) is 2. The zero-order valence-electron chi connectivity index (χ0n) is 14.6. The van der Waals surface area contributed by atoms with Gasteiger partial charge in [0.2, 0.25) is 0 Å². The fourth-order valence-electron chi connectivity index (χ4n) is 2.73. The second-order valence-electron chi connectivity index (χ2n) is 5.63. The molecule has 0 unspecified atom stereocenters. The monoisotopic (exact) mass is 382 g/mol. The minimum absolute atomic E-state index is 0.374. The van der Waals surface area contributed by atoms with Crippen LogP contribution in [0.4, 0.5) is 11.5 Å². The van der Waals surface area contributed by atoms with Crippen LogP contribution in [0.1, 0.15) is 0 Å². The Bertz CT molecular complexity index is 1100. The Morgan fingerprint density at radius 1 is 1.00 bits per heavy atom. The predicted octanol–water partition coefficient (Wildman–Crippen LogP) is 4.70. The molecule has 0 aliphatic heterocycles. The number of methoxy groups -OCH3 is 2. The summed E-state index contributed by atoms with van der Waals surface area (Å²) in [5, 5.41) is 8.72. The average molecular weight is 383 g/mol. The molecule has 27 heavy (non-hydrogen) atoms. The second-order valence-corrected chi connectivity index (χ2v) is 6.07. The van der Waals surface area contributed by atoms with E-state index in [9.17, 15) is 0 Å². The Morgan fingerprint density at radius 2 is 1.81 bits per heavy atom. The molecule has 7 nitrogen and oxygen atoms in total. The van der Waals surface area contributed by atoms with Crippen LogP contribution in [0.2, 0.25) is 5.02 Å². The van der Waals surface area contributed by atoms with Gasteiger partial charge >= 0.3 is 0 Å². The van der Waals surface area contributed by atoms with Gasteiger partial charge in [-0.3, -0.25) is 0 Å². The molecule has 0 radical (unpaired) electrons. The molecule has 0 saturated heterocycles. The summed E-state index contributed by atoms with van der Waals surface area (Å²) in [6.45, 7) is 0. The van der Waals surface area contributed by atoms with Crippen molar-refractivity contribution in [2.45, 2.75) is 0 Å². The molecular formula is C19H15ClN4O3. The van der Waals surface area contributed by atoms with Gasteiger partial charge in [0.1, 0.15) is 34.7 Å². The molecule has 0 bridgehead atoms. The molecule has 0 fully saturated rings. The number of anilines is 2. The zero-order valence-corrected chi connectivity index (χ0v) is 15.3. The summed E-state index contributed by atoms with van der Waals surface area (Å²) in [5.41, 5.74) is 2.53. The van der Waals surface area contributed by atoms with Crippen molar-refractivity contribution in [3.63, 3.8) is 0 Å². The molecule has 4 rings (SSSR count). The highest BCUT2D eigenvalue weighted by Gasteiger charge is 2.18. The van der Waals surface area contributed by atoms with Crippen LogP contribution in [0, 0.1) is 0 Å². The molecular weight excluding hydrogens is 368 g/mol. The fourth-order valence-corrected chi connectivity index (χ4v) is 2.85. The summed E-state index contributed by atoms with van der Waals surface area (Å²) in [6, 6.07) is 12.8. The third-order valence-electron chi connectivity index (χ3n) is 4.05. The van der Waals surface area contributed by atoms with Gasteiger partial charge in [-0.2, -0.15) is 4.98 Å². The predicted molar refractivity (Wildman–Crippen MR) is 103 cm³/mol. The lowest BCUT2D eigenvalue weighted by atomic mass is 10.1. The summed E-state index contributed by atoms with van der Waals surface area (Å²) in [6.07, 6.45) is 1.41. The molecule has 8 heteroatoms. The molecule has 4 aromatic rings. The van der Waals surface area contributed by atoms with Crippen molar-refractivity contribution in [3.8, 4) is 22.8 Å². The number of hydrogen-bond acceptors (Lipinski definition) is 7. The van der Waals surface area contributed by atoms with E-state index in [2.05, 4.69) is 20.4 Å². The van der Waals surface area contributed by atoms with Crippen molar-refractivity contribution in [1.82, 2.24) is 15.1 Å². The fraction of sp³-hybridized carbons (Fsp3) is 0.105. The first-order valence-corrected chi connectivity index (χ1v) is 8.43. The summed E-state index contributed by atoms with van der Waals surface area (Å²) in [5.74, 6) is 1.87. The number of rotatable bonds is 5. The zero-order chi connectivity index (χ0) is 18.8. The number of nitrogens with one attached hydrogen (secondary N) is 1. The van der Waals surface area contributed by atoms with E-state index in [0.29, 0.717) is 44.8 Å². The number of benzene rings is 2. The first kappa shape index (κ1) is 17.1. The molecule has 1 N–H and O–H groups in total. The molecule has 0 saturated carbocycles. The Labute approximate surface area is 159 Å². The number of aromatic nitrogens is 3. The quantitative estimate of drug-likeness (QED) is 0.535. The molecule has 136 valence electrons. The lowest BCUT2D eigenvalue weighted by Crippen LogP contribution is -1.99. The summed E-state index contributed by atoms with van der Waals surface area (Å²) < 4.78 is 16.1. The van der Waals surface area contributed by atoms with Crippen molar-refractivity contribution in [2.75, 3.05) is 19.5 Å². The van der Waals surface area contributed by atoms with Crippen LogP contribution < -0.4 is 14.8 Å². The molecule has 0 amide bonds. The van der Waals surface area contributed by atoms with Gasteiger partial charge in [-0.25, -0.2) is 4.98 Å². The molecule has 2 aromatic heterocycles. The van der Waals surface area contributed by atoms with Gasteiger partial charge in [0.25, 0.3) is 5.71 Å². The van der Waals surface area contributed by atoms with Crippen molar-refractivity contribution in [2.24, 2.45) is 0 Å². The van der Waals surface area contributed by atoms with Crippen LogP contribution >= 0.6 is 11.6 Å². The smallest absolute Gasteiger partial charge is 0.263 e. The van der Waals surface area contributed by atoms with Crippen LogP contribution in [0.3, 0.4) is 0 Å². The highest BCUT2D eigenvalue weighted by atomic mass is 35.5. The first-order chi connectivity index (χ1) is 13.2. The van der Waals surface area contributed by atoms with Gasteiger partial charge in [0.15, 0.2) is 0 Å². The van der Waals surface area contributed by atoms with Crippen molar-refractivity contribution in [3.05, 3.63) is 53.8 Å². The van der Waals surface area contributed by atoms with Gasteiger partial charge in [-0.1, -0.05) is 28.9 Å². The lowest BCUT2D eigenvalue weighted by Gasteiger charge is -2.12. The van der Waals surface area contributed by atoms with E-state index in [0.717, 1.165) is 5.56 Å². The van der Waals surface area contributed by atoms with Crippen LogP contribution in [0.25, 0.3) is 22.4 Å². The van der Waals surface area contributed by atoms with E-state index >= 15 is 0 Å². The number of halogens is 1. The topological polar surface area (TPSA) is 82.3 Å². The van der Waals surface area contributed by atoms with Gasteiger partial charge in [-0.15, -0.1) is 0 Å². The largest absolute Gasteiger partial charge is 0.497 e. The molecule has 0 aliphatic carbocycles. The summed E-state index contributed by atoms with van der Waals surface area (Å²) in [7, 11) is 3.20. The first-order valence-electron chi connectivity index (χ1n) is 8.05. The van der Waals surface area contributed by atoms with Gasteiger partial charge in [0.05, 0.1) is 19.9 Å². The molecule has 0 aliphatic rings. The maximum atomic E-state index is 5.99. The van der Waals surface area contributed by atoms with E-state index in [-0.39, 0.29) is 0 Å². The maximum absolute atomic E-state index is 5.99. The molecule has 0 atom stereocenters. The Balaban J connectivity index is 1.83. The van der Waals surface area contributed by atoms with Gasteiger partial charge in [0, 0.05) is 16.7 Å². The number of hydrogen-bond donors (Lipinski definition) is 1. The van der Waals surface area contributed by atoms with Crippen LogP contribution in [-0.4, -0.2) is 29.3 Å². The highest BCUT2D eigenvalue weighted by Crippen LogP contribution is 2.36. The van der Waals surface area contributed by atoms with E-state index in [1.165, 1.54) is 6.33 Å². The highest BCUT2D eigenvalue weighted by molar-refractivity contribution is 6.30. The van der Waals surface area contributed by atoms with E-state index in [1.54, 1.807) is 26.4 Å². The normalized spacial score (nSPS) is 10.8. The second kappa shape index (κ2) is 7.13. The minimum atomic E-state index is 0.374. The van der Waals surface area contributed by atoms with Crippen LogP contribution in [0.15, 0.2) is 53.3 Å². The maximum Gasteiger partial charge on any atom is 0.263 e. The Hall–Kier alpha value is -3.32. The van der Waals surface area contributed by atoms with Crippen molar-refractivity contribution >= 4 is 34.2 Å². The standard InChI is InChI=1S/C19H15ClN4O3/c1-25-13-7-8-15(26-2)14(9-13)23-18-16-17(11-3-5-12(20)6-4-11)24-27-19(16)22-10-21-18/h3-10H,1-2H3,(H,21,22,23). The van der Waals surface area contributed by atoms with Crippen molar-refractivity contribution in [1.29, 1.82) is 0 Å². The third-order valence-corrected chi connectivity index (χ3v) is 4.30. The van der Waals surface area contributed by atoms with Crippen molar-refractivity contribution < 1.29 is 14.0 Å². The van der Waals surface area contributed by atoms with Crippen LogP contribution in [-0.2, 0) is 0 Å². The molecule has 2 aromatic carbocycles. The van der Waals surface area contributed by atoms with E-state index in [1.807, 2.05) is 30.3 Å².